The molecule has 2 atom stereocenters. The van der Waals surface area contributed by atoms with E-state index in [2.05, 4.69) is 0 Å². The first-order valence-corrected chi connectivity index (χ1v) is 8.82. The van der Waals surface area contributed by atoms with Gasteiger partial charge in [0.25, 0.3) is 5.69 Å². The summed E-state index contributed by atoms with van der Waals surface area (Å²) < 4.78 is 11.4. The average Bonchev–Trinajstić information content (AvgIpc) is 3.37. The third-order valence-corrected chi connectivity index (χ3v) is 4.54. The van der Waals surface area contributed by atoms with Crippen molar-refractivity contribution in [3.8, 4) is 6.07 Å². The number of nitro groups is 1. The Labute approximate surface area is 166 Å². The molecule has 1 heterocycles. The Kier molecular flexibility index (Phi) is 4.88. The second-order valence-corrected chi connectivity index (χ2v) is 7.80. The van der Waals surface area contributed by atoms with Crippen molar-refractivity contribution >= 4 is 23.3 Å². The van der Waals surface area contributed by atoms with Gasteiger partial charge in [-0.3, -0.25) is 10.1 Å². The quantitative estimate of drug-likeness (QED) is 0.325. The molecule has 28 heavy (non-hydrogen) atoms. The van der Waals surface area contributed by atoms with Crippen LogP contribution < -0.4 is 0 Å². The van der Waals surface area contributed by atoms with E-state index < -0.39 is 28.2 Å². The molecule has 0 aliphatic carbocycles. The van der Waals surface area contributed by atoms with Crippen molar-refractivity contribution < 1.29 is 19.2 Å². The molecular formula is C20H17ClN2O5. The summed E-state index contributed by atoms with van der Waals surface area (Å²) in [5, 5.41) is 19.9. The maximum atomic E-state index is 13.0. The molecule has 1 fully saturated rings. The van der Waals surface area contributed by atoms with E-state index in [1.54, 1.807) is 45.0 Å². The summed E-state index contributed by atoms with van der Waals surface area (Å²) >= 11 is 6.04. The summed E-state index contributed by atoms with van der Waals surface area (Å²) in [5.74, 6) is -0.612. The number of esters is 1. The molecule has 1 saturated heterocycles. The largest absolute Gasteiger partial charge is 0.457 e. The molecular weight excluding hydrogens is 384 g/mol. The summed E-state index contributed by atoms with van der Waals surface area (Å²) in [6.07, 6.45) is -0.660. The van der Waals surface area contributed by atoms with Gasteiger partial charge in [0.05, 0.1) is 16.6 Å². The van der Waals surface area contributed by atoms with Crippen LogP contribution in [-0.4, -0.2) is 16.5 Å². The highest BCUT2D eigenvalue weighted by Gasteiger charge is 2.66. The van der Waals surface area contributed by atoms with Crippen molar-refractivity contribution in [1.29, 1.82) is 5.26 Å². The molecule has 1 aliphatic heterocycles. The SMILES string of the molecule is CC(C)(C)OC(=O)C1(c2ccc([N+](=O)[O-])c(Cl)c2)OC1c1ccc(C#N)cc1. The van der Waals surface area contributed by atoms with Gasteiger partial charge >= 0.3 is 5.97 Å². The van der Waals surface area contributed by atoms with Gasteiger partial charge in [0, 0.05) is 11.6 Å². The minimum Gasteiger partial charge on any atom is -0.457 e. The van der Waals surface area contributed by atoms with Crippen LogP contribution in [0, 0.1) is 21.4 Å². The lowest BCUT2D eigenvalue weighted by Gasteiger charge is -2.23. The number of nitrogens with zero attached hydrogens (tertiary/aromatic N) is 2. The van der Waals surface area contributed by atoms with E-state index >= 15 is 0 Å². The maximum Gasteiger partial charge on any atom is 0.346 e. The van der Waals surface area contributed by atoms with E-state index in [9.17, 15) is 14.9 Å². The van der Waals surface area contributed by atoms with E-state index in [0.29, 0.717) is 16.7 Å². The third-order valence-electron chi connectivity index (χ3n) is 4.23. The van der Waals surface area contributed by atoms with E-state index in [4.69, 9.17) is 26.3 Å². The van der Waals surface area contributed by atoms with Gasteiger partial charge in [-0.15, -0.1) is 0 Å². The van der Waals surface area contributed by atoms with Gasteiger partial charge in [0.1, 0.15) is 16.7 Å². The minimum atomic E-state index is -1.46. The Morgan fingerprint density at radius 3 is 2.43 bits per heavy atom. The number of rotatable bonds is 4. The van der Waals surface area contributed by atoms with Gasteiger partial charge < -0.3 is 9.47 Å². The molecule has 0 saturated carbocycles. The molecule has 144 valence electrons. The van der Waals surface area contributed by atoms with Crippen molar-refractivity contribution in [1.82, 2.24) is 0 Å². The zero-order valence-electron chi connectivity index (χ0n) is 15.4. The zero-order valence-corrected chi connectivity index (χ0v) is 16.2. The molecule has 2 unspecified atom stereocenters. The Hall–Kier alpha value is -2.95. The van der Waals surface area contributed by atoms with Gasteiger partial charge in [0.15, 0.2) is 0 Å². The lowest BCUT2D eigenvalue weighted by Crippen LogP contribution is -2.33. The van der Waals surface area contributed by atoms with Crippen LogP contribution in [0.5, 0.6) is 0 Å². The van der Waals surface area contributed by atoms with Gasteiger partial charge in [-0.05, 0) is 50.6 Å². The molecule has 3 rings (SSSR count). The molecule has 2 aromatic rings. The molecule has 0 bridgehead atoms. The molecule has 0 aromatic heterocycles. The highest BCUT2D eigenvalue weighted by atomic mass is 35.5. The molecule has 7 nitrogen and oxygen atoms in total. The summed E-state index contributed by atoms with van der Waals surface area (Å²) in [6, 6.07) is 12.7. The lowest BCUT2D eigenvalue weighted by atomic mass is 9.91. The van der Waals surface area contributed by atoms with Crippen LogP contribution >= 0.6 is 11.6 Å². The summed E-state index contributed by atoms with van der Waals surface area (Å²) in [7, 11) is 0. The predicted molar refractivity (Wildman–Crippen MR) is 101 cm³/mol. The Morgan fingerprint density at radius 2 is 1.93 bits per heavy atom. The molecule has 0 radical (unpaired) electrons. The Balaban J connectivity index is 2.04. The summed E-state index contributed by atoms with van der Waals surface area (Å²) in [5.41, 5.74) is -0.951. The predicted octanol–water partition coefficient (Wildman–Crippen LogP) is 4.43. The number of nitriles is 1. The first-order valence-electron chi connectivity index (χ1n) is 8.44. The number of halogens is 1. The molecule has 0 amide bonds. The van der Waals surface area contributed by atoms with Crippen LogP contribution in [-0.2, 0) is 19.9 Å². The fraction of sp³-hybridized carbons (Fsp3) is 0.300. The van der Waals surface area contributed by atoms with Crippen LogP contribution in [0.25, 0.3) is 0 Å². The summed E-state index contributed by atoms with van der Waals surface area (Å²) in [4.78, 5) is 23.4. The van der Waals surface area contributed by atoms with Crippen LogP contribution in [0.15, 0.2) is 42.5 Å². The monoisotopic (exact) mass is 400 g/mol. The molecule has 1 aliphatic rings. The number of epoxide rings is 1. The van der Waals surface area contributed by atoms with Crippen molar-refractivity contribution in [2.75, 3.05) is 0 Å². The zero-order chi connectivity index (χ0) is 20.7. The first kappa shape index (κ1) is 19.8. The normalized spacial score (nSPS) is 20.9. The third kappa shape index (κ3) is 3.57. The van der Waals surface area contributed by atoms with Gasteiger partial charge in [-0.2, -0.15) is 5.26 Å². The highest BCUT2D eigenvalue weighted by Crippen LogP contribution is 2.58. The van der Waals surface area contributed by atoms with Gasteiger partial charge in [-0.1, -0.05) is 23.7 Å². The number of carbonyl (C=O) groups excluding carboxylic acids is 1. The second-order valence-electron chi connectivity index (χ2n) is 7.39. The molecule has 0 spiro atoms. The van der Waals surface area contributed by atoms with E-state index in [1.165, 1.54) is 18.2 Å². The maximum absolute atomic E-state index is 13.0. The van der Waals surface area contributed by atoms with Crippen LogP contribution in [0.4, 0.5) is 5.69 Å². The number of ether oxygens (including phenoxy) is 2. The fourth-order valence-electron chi connectivity index (χ4n) is 2.92. The minimum absolute atomic E-state index is 0.0977. The smallest absolute Gasteiger partial charge is 0.346 e. The molecule has 0 N–H and O–H groups in total. The number of hydrogen-bond acceptors (Lipinski definition) is 6. The number of nitro benzene ring substituents is 1. The van der Waals surface area contributed by atoms with Crippen molar-refractivity contribution in [2.24, 2.45) is 0 Å². The van der Waals surface area contributed by atoms with Crippen LogP contribution in [0.1, 0.15) is 43.6 Å². The van der Waals surface area contributed by atoms with Gasteiger partial charge in [-0.25, -0.2) is 4.79 Å². The van der Waals surface area contributed by atoms with Crippen molar-refractivity contribution in [2.45, 2.75) is 38.1 Å². The molecule has 8 heteroatoms. The average molecular weight is 401 g/mol. The standard InChI is InChI=1S/C20H17ClN2O5/c1-19(2,3)28-18(24)20(14-8-9-16(23(25)26)15(21)10-14)17(27-20)13-6-4-12(11-22)5-7-13/h4-10,17H,1-3H3. The number of hydrogen-bond donors (Lipinski definition) is 0. The van der Waals surface area contributed by atoms with Crippen molar-refractivity contribution in [3.63, 3.8) is 0 Å². The topological polar surface area (TPSA) is 106 Å². The van der Waals surface area contributed by atoms with E-state index in [1.807, 2.05) is 6.07 Å². The first-order chi connectivity index (χ1) is 13.1. The number of carbonyl (C=O) groups is 1. The van der Waals surface area contributed by atoms with Crippen LogP contribution in [0.3, 0.4) is 0 Å². The van der Waals surface area contributed by atoms with Crippen LogP contribution in [0.2, 0.25) is 5.02 Å². The Morgan fingerprint density at radius 1 is 1.29 bits per heavy atom. The summed E-state index contributed by atoms with van der Waals surface area (Å²) in [6.45, 7) is 5.21. The van der Waals surface area contributed by atoms with E-state index in [-0.39, 0.29) is 10.7 Å². The fourth-order valence-corrected chi connectivity index (χ4v) is 3.17. The molecule has 2 aromatic carbocycles. The van der Waals surface area contributed by atoms with E-state index in [0.717, 1.165) is 0 Å². The second kappa shape index (κ2) is 6.89. The Bertz CT molecular complexity index is 991. The highest BCUT2D eigenvalue weighted by molar-refractivity contribution is 6.32. The lowest BCUT2D eigenvalue weighted by molar-refractivity contribution is -0.384. The van der Waals surface area contributed by atoms with Crippen molar-refractivity contribution in [3.05, 3.63) is 74.3 Å². The van der Waals surface area contributed by atoms with Gasteiger partial charge in [0.2, 0.25) is 5.60 Å². The number of benzene rings is 2.